The van der Waals surface area contributed by atoms with Gasteiger partial charge in [0.05, 0.1) is 23.4 Å². The molecule has 1 unspecified atom stereocenters. The monoisotopic (exact) mass is 448 g/mol. The van der Waals surface area contributed by atoms with E-state index in [1.165, 1.54) is 26.6 Å². The van der Waals surface area contributed by atoms with Gasteiger partial charge in [0.15, 0.2) is 5.13 Å². The maximum Gasteiger partial charge on any atom is 0.233 e. The molecule has 1 aromatic carbocycles. The summed E-state index contributed by atoms with van der Waals surface area (Å²) < 4.78 is 40.1. The van der Waals surface area contributed by atoms with Gasteiger partial charge in [-0.2, -0.15) is 0 Å². The molecule has 3 aromatic rings. The van der Waals surface area contributed by atoms with Crippen molar-refractivity contribution in [3.63, 3.8) is 0 Å². The number of carbonyl (C=O) groups excluding carboxylic acids is 1. The molecule has 0 bridgehead atoms. The minimum atomic E-state index is -3.38. The molecular weight excluding hydrogens is 427 g/mol. The second kappa shape index (κ2) is 8.37. The highest BCUT2D eigenvalue weighted by molar-refractivity contribution is 7.88. The quantitative estimate of drug-likeness (QED) is 0.599. The SMILES string of the molecule is CS(=O)(=O)N1CCCC(C(=O)N(Cc2cccnc2)c2nc3c(F)cccc3s2)C1. The van der Waals surface area contributed by atoms with Crippen molar-refractivity contribution in [3.8, 4) is 0 Å². The van der Waals surface area contributed by atoms with Gasteiger partial charge in [-0.3, -0.25) is 14.7 Å². The molecule has 3 heterocycles. The lowest BCUT2D eigenvalue weighted by molar-refractivity contribution is -0.123. The summed E-state index contributed by atoms with van der Waals surface area (Å²) in [6.07, 6.45) is 5.67. The van der Waals surface area contributed by atoms with E-state index in [9.17, 15) is 17.6 Å². The Balaban J connectivity index is 1.69. The minimum absolute atomic E-state index is 0.139. The minimum Gasteiger partial charge on any atom is -0.283 e. The molecule has 1 aliphatic heterocycles. The Morgan fingerprint density at radius 3 is 2.87 bits per heavy atom. The molecule has 1 atom stereocenters. The molecule has 7 nitrogen and oxygen atoms in total. The zero-order chi connectivity index (χ0) is 21.3. The van der Waals surface area contributed by atoms with Gasteiger partial charge in [0.1, 0.15) is 11.3 Å². The number of benzene rings is 1. The molecule has 1 saturated heterocycles. The number of thiazole rings is 1. The van der Waals surface area contributed by atoms with Crippen molar-refractivity contribution in [1.29, 1.82) is 0 Å². The Bertz CT molecular complexity index is 1170. The fraction of sp³-hybridized carbons (Fsp3) is 0.350. The lowest BCUT2D eigenvalue weighted by Crippen LogP contribution is -2.46. The van der Waals surface area contributed by atoms with Gasteiger partial charge in [0.2, 0.25) is 15.9 Å². The first kappa shape index (κ1) is 20.8. The van der Waals surface area contributed by atoms with E-state index in [2.05, 4.69) is 9.97 Å². The first-order valence-electron chi connectivity index (χ1n) is 9.53. The van der Waals surface area contributed by atoms with Crippen molar-refractivity contribution in [1.82, 2.24) is 14.3 Å². The molecule has 10 heteroatoms. The summed E-state index contributed by atoms with van der Waals surface area (Å²) in [6.45, 7) is 0.779. The zero-order valence-corrected chi connectivity index (χ0v) is 18.0. The van der Waals surface area contributed by atoms with E-state index in [-0.39, 0.29) is 24.5 Å². The number of fused-ring (bicyclic) bond motifs is 1. The van der Waals surface area contributed by atoms with Gasteiger partial charge in [-0.05, 0) is 36.6 Å². The summed E-state index contributed by atoms with van der Waals surface area (Å²) in [4.78, 5) is 23.5. The number of halogens is 1. The van der Waals surface area contributed by atoms with Gasteiger partial charge >= 0.3 is 0 Å². The Kier molecular flexibility index (Phi) is 5.81. The largest absolute Gasteiger partial charge is 0.283 e. The maximum atomic E-state index is 14.2. The van der Waals surface area contributed by atoms with Crippen molar-refractivity contribution < 1.29 is 17.6 Å². The maximum absolute atomic E-state index is 14.2. The number of para-hydroxylation sites is 1. The van der Waals surface area contributed by atoms with Gasteiger partial charge in [0, 0.05) is 25.5 Å². The average Bonchev–Trinajstić information content (AvgIpc) is 3.17. The Labute approximate surface area is 178 Å². The molecule has 0 spiro atoms. The normalized spacial score (nSPS) is 17.9. The Morgan fingerprint density at radius 1 is 1.33 bits per heavy atom. The van der Waals surface area contributed by atoms with Gasteiger partial charge < -0.3 is 0 Å². The van der Waals surface area contributed by atoms with Crippen LogP contribution in [-0.2, 0) is 21.4 Å². The van der Waals surface area contributed by atoms with Crippen LogP contribution in [0.2, 0.25) is 0 Å². The Hall–Kier alpha value is -2.43. The molecule has 1 aliphatic rings. The van der Waals surface area contributed by atoms with Gasteiger partial charge in [-0.1, -0.05) is 23.5 Å². The summed E-state index contributed by atoms with van der Waals surface area (Å²) >= 11 is 1.24. The third-order valence-electron chi connectivity index (χ3n) is 5.12. The fourth-order valence-electron chi connectivity index (χ4n) is 3.60. The van der Waals surface area contributed by atoms with E-state index in [4.69, 9.17) is 0 Å². The second-order valence-corrected chi connectivity index (χ2v) is 10.3. The lowest BCUT2D eigenvalue weighted by atomic mass is 9.98. The number of hydrogen-bond acceptors (Lipinski definition) is 6. The summed E-state index contributed by atoms with van der Waals surface area (Å²) in [5.41, 5.74) is 1.03. The van der Waals surface area contributed by atoms with Crippen molar-refractivity contribution in [2.24, 2.45) is 5.92 Å². The van der Waals surface area contributed by atoms with Crippen LogP contribution in [0.25, 0.3) is 10.2 Å². The standard InChI is InChI=1S/C20H21FN4O3S2/c1-30(27,28)24-10-4-6-15(13-24)19(26)25(12-14-5-3-9-22-11-14)20-23-18-16(21)7-2-8-17(18)29-20/h2-3,5,7-9,11,15H,4,6,10,12-13H2,1H3. The topological polar surface area (TPSA) is 83.5 Å². The molecule has 30 heavy (non-hydrogen) atoms. The van der Waals surface area contributed by atoms with Crippen LogP contribution in [-0.4, -0.2) is 47.9 Å². The van der Waals surface area contributed by atoms with Gasteiger partial charge in [0.25, 0.3) is 0 Å². The number of hydrogen-bond donors (Lipinski definition) is 0. The molecular formula is C20H21FN4O3S2. The van der Waals surface area contributed by atoms with Crippen LogP contribution in [0.5, 0.6) is 0 Å². The highest BCUT2D eigenvalue weighted by atomic mass is 32.2. The first-order chi connectivity index (χ1) is 14.3. The van der Waals surface area contributed by atoms with E-state index < -0.39 is 21.8 Å². The van der Waals surface area contributed by atoms with Crippen molar-refractivity contribution in [2.45, 2.75) is 19.4 Å². The van der Waals surface area contributed by atoms with Crippen LogP contribution >= 0.6 is 11.3 Å². The van der Waals surface area contributed by atoms with Gasteiger partial charge in [-0.15, -0.1) is 0 Å². The molecule has 0 aliphatic carbocycles. The van der Waals surface area contributed by atoms with Gasteiger partial charge in [-0.25, -0.2) is 22.1 Å². The van der Waals surface area contributed by atoms with E-state index in [1.54, 1.807) is 30.6 Å². The van der Waals surface area contributed by atoms with Crippen molar-refractivity contribution in [2.75, 3.05) is 24.2 Å². The summed E-state index contributed by atoms with van der Waals surface area (Å²) in [7, 11) is -3.38. The molecule has 2 aromatic heterocycles. The van der Waals surface area contributed by atoms with E-state index in [0.29, 0.717) is 29.2 Å². The van der Waals surface area contributed by atoms with E-state index in [0.717, 1.165) is 11.8 Å². The molecule has 0 saturated carbocycles. The predicted octanol–water partition coefficient (Wildman–Crippen LogP) is 3.04. The second-order valence-electron chi connectivity index (χ2n) is 7.33. The Morgan fingerprint density at radius 2 is 2.17 bits per heavy atom. The highest BCUT2D eigenvalue weighted by Crippen LogP contribution is 2.33. The van der Waals surface area contributed by atoms with Crippen LogP contribution in [0, 0.1) is 11.7 Å². The lowest BCUT2D eigenvalue weighted by Gasteiger charge is -2.33. The third kappa shape index (κ3) is 4.35. The van der Waals surface area contributed by atoms with Crippen LogP contribution in [0.1, 0.15) is 18.4 Å². The number of aromatic nitrogens is 2. The van der Waals surface area contributed by atoms with E-state index in [1.807, 2.05) is 6.07 Å². The van der Waals surface area contributed by atoms with Crippen LogP contribution < -0.4 is 4.90 Å². The predicted molar refractivity (Wildman–Crippen MR) is 114 cm³/mol. The average molecular weight is 449 g/mol. The highest BCUT2D eigenvalue weighted by Gasteiger charge is 2.34. The van der Waals surface area contributed by atoms with Crippen LogP contribution in [0.15, 0.2) is 42.7 Å². The number of piperidine rings is 1. The number of carbonyl (C=O) groups is 1. The molecule has 4 rings (SSSR count). The molecule has 0 radical (unpaired) electrons. The molecule has 158 valence electrons. The molecule has 1 fully saturated rings. The smallest absolute Gasteiger partial charge is 0.233 e. The fourth-order valence-corrected chi connectivity index (χ4v) is 5.49. The van der Waals surface area contributed by atoms with Crippen molar-refractivity contribution >= 4 is 42.6 Å². The zero-order valence-electron chi connectivity index (χ0n) is 16.4. The molecule has 1 amide bonds. The molecule has 0 N–H and O–H groups in total. The summed E-state index contributed by atoms with van der Waals surface area (Å²) in [6, 6.07) is 8.34. The number of anilines is 1. The summed E-state index contributed by atoms with van der Waals surface area (Å²) in [5, 5.41) is 0.389. The number of amides is 1. The van der Waals surface area contributed by atoms with Crippen LogP contribution in [0.4, 0.5) is 9.52 Å². The number of sulfonamides is 1. The van der Waals surface area contributed by atoms with E-state index >= 15 is 0 Å². The number of nitrogens with zero attached hydrogens (tertiary/aromatic N) is 4. The number of pyridine rings is 1. The van der Waals surface area contributed by atoms with Crippen molar-refractivity contribution in [3.05, 3.63) is 54.1 Å². The number of rotatable bonds is 5. The summed E-state index contributed by atoms with van der Waals surface area (Å²) in [5.74, 6) is -1.14. The third-order valence-corrected chi connectivity index (χ3v) is 7.43. The van der Waals surface area contributed by atoms with Crippen LogP contribution in [0.3, 0.4) is 0 Å². The first-order valence-corrected chi connectivity index (χ1v) is 12.2.